The molecule has 2 rings (SSSR count). The van der Waals surface area contributed by atoms with Crippen molar-refractivity contribution in [3.05, 3.63) is 22.8 Å². The Morgan fingerprint density at radius 2 is 1.95 bits per heavy atom. The summed E-state index contributed by atoms with van der Waals surface area (Å²) in [6, 6.07) is 4.01. The van der Waals surface area contributed by atoms with E-state index in [1.807, 2.05) is 12.1 Å². The standard InChI is InChI=1S/C16H27ClN4/c1-4-18-11-15-14(17)5-6-16(19-15)21-9-7-20(8-10-21)12-13(2)3/h5-6,13,18H,4,7-12H2,1-3H3. The Morgan fingerprint density at radius 3 is 2.57 bits per heavy atom. The van der Waals surface area contributed by atoms with Crippen molar-refractivity contribution in [2.75, 3.05) is 44.2 Å². The highest BCUT2D eigenvalue weighted by atomic mass is 35.5. The SMILES string of the molecule is CCNCc1nc(N2CCN(CC(C)C)CC2)ccc1Cl. The van der Waals surface area contributed by atoms with Crippen LogP contribution < -0.4 is 10.2 Å². The van der Waals surface area contributed by atoms with E-state index in [2.05, 4.69) is 35.9 Å². The van der Waals surface area contributed by atoms with E-state index in [1.54, 1.807) is 0 Å². The first-order valence-corrected chi connectivity index (χ1v) is 8.31. The number of nitrogens with one attached hydrogen (secondary N) is 1. The molecule has 0 unspecified atom stereocenters. The fraction of sp³-hybridized carbons (Fsp3) is 0.688. The van der Waals surface area contributed by atoms with E-state index in [0.717, 1.165) is 61.7 Å². The summed E-state index contributed by atoms with van der Waals surface area (Å²) in [7, 11) is 0. The van der Waals surface area contributed by atoms with Gasteiger partial charge in [-0.2, -0.15) is 0 Å². The van der Waals surface area contributed by atoms with E-state index >= 15 is 0 Å². The lowest BCUT2D eigenvalue weighted by Crippen LogP contribution is -2.47. The van der Waals surface area contributed by atoms with Crippen LogP contribution in [0.3, 0.4) is 0 Å². The van der Waals surface area contributed by atoms with Crippen molar-refractivity contribution >= 4 is 17.4 Å². The first kappa shape index (κ1) is 16.5. The molecule has 0 saturated carbocycles. The highest BCUT2D eigenvalue weighted by molar-refractivity contribution is 6.31. The molecule has 0 spiro atoms. The number of aromatic nitrogens is 1. The third kappa shape index (κ3) is 4.83. The average Bonchev–Trinajstić information content (AvgIpc) is 2.47. The molecule has 0 aromatic carbocycles. The van der Waals surface area contributed by atoms with Crippen LogP contribution in [-0.2, 0) is 6.54 Å². The van der Waals surface area contributed by atoms with E-state index in [9.17, 15) is 0 Å². The van der Waals surface area contributed by atoms with Gasteiger partial charge in [-0.15, -0.1) is 0 Å². The summed E-state index contributed by atoms with van der Waals surface area (Å²) in [6.07, 6.45) is 0. The molecule has 1 N–H and O–H groups in total. The van der Waals surface area contributed by atoms with Crippen LogP contribution in [0.4, 0.5) is 5.82 Å². The Balaban J connectivity index is 1.96. The summed E-state index contributed by atoms with van der Waals surface area (Å²) in [5.41, 5.74) is 0.945. The van der Waals surface area contributed by atoms with E-state index in [-0.39, 0.29) is 0 Å². The Morgan fingerprint density at radius 1 is 1.24 bits per heavy atom. The van der Waals surface area contributed by atoms with Crippen molar-refractivity contribution in [1.82, 2.24) is 15.2 Å². The third-order valence-electron chi connectivity index (χ3n) is 3.77. The van der Waals surface area contributed by atoms with Crippen LogP contribution in [0.1, 0.15) is 26.5 Å². The van der Waals surface area contributed by atoms with Gasteiger partial charge in [0.05, 0.1) is 10.7 Å². The van der Waals surface area contributed by atoms with Gasteiger partial charge in [-0.25, -0.2) is 4.98 Å². The Hall–Kier alpha value is -0.840. The van der Waals surface area contributed by atoms with Crippen LogP contribution in [0.25, 0.3) is 0 Å². The molecule has 5 heteroatoms. The van der Waals surface area contributed by atoms with Gasteiger partial charge in [0.15, 0.2) is 0 Å². The maximum Gasteiger partial charge on any atom is 0.129 e. The number of rotatable bonds is 6. The monoisotopic (exact) mass is 310 g/mol. The summed E-state index contributed by atoms with van der Waals surface area (Å²) in [5, 5.41) is 4.04. The van der Waals surface area contributed by atoms with Gasteiger partial charge in [0.2, 0.25) is 0 Å². The summed E-state index contributed by atoms with van der Waals surface area (Å²) >= 11 is 6.22. The summed E-state index contributed by atoms with van der Waals surface area (Å²) < 4.78 is 0. The zero-order valence-corrected chi connectivity index (χ0v) is 14.2. The van der Waals surface area contributed by atoms with Gasteiger partial charge in [0.25, 0.3) is 0 Å². The molecule has 0 amide bonds. The van der Waals surface area contributed by atoms with Crippen molar-refractivity contribution in [3.63, 3.8) is 0 Å². The molecule has 0 atom stereocenters. The molecule has 1 fully saturated rings. The summed E-state index contributed by atoms with van der Waals surface area (Å²) in [4.78, 5) is 9.63. The van der Waals surface area contributed by atoms with Crippen molar-refractivity contribution in [1.29, 1.82) is 0 Å². The maximum absolute atomic E-state index is 6.22. The lowest BCUT2D eigenvalue weighted by molar-refractivity contribution is 0.231. The molecule has 1 aliphatic rings. The first-order valence-electron chi connectivity index (χ1n) is 7.93. The maximum atomic E-state index is 6.22. The number of halogens is 1. The molecule has 0 radical (unpaired) electrons. The molecule has 0 bridgehead atoms. The van der Waals surface area contributed by atoms with Crippen molar-refractivity contribution in [2.45, 2.75) is 27.3 Å². The predicted molar refractivity (Wildman–Crippen MR) is 90.1 cm³/mol. The average molecular weight is 311 g/mol. The Labute approximate surface area is 133 Å². The number of anilines is 1. The van der Waals surface area contributed by atoms with Crippen LogP contribution >= 0.6 is 11.6 Å². The molecule has 1 aromatic heterocycles. The number of hydrogen-bond donors (Lipinski definition) is 1. The van der Waals surface area contributed by atoms with Crippen LogP contribution in [0.5, 0.6) is 0 Å². The molecule has 1 aliphatic heterocycles. The predicted octanol–water partition coefficient (Wildman–Crippen LogP) is 2.62. The molecule has 1 saturated heterocycles. The number of hydrogen-bond acceptors (Lipinski definition) is 4. The molecule has 21 heavy (non-hydrogen) atoms. The number of nitrogens with zero attached hydrogens (tertiary/aromatic N) is 3. The molecule has 4 nitrogen and oxygen atoms in total. The van der Waals surface area contributed by atoms with Crippen LogP contribution in [-0.4, -0.2) is 49.2 Å². The van der Waals surface area contributed by atoms with E-state index in [0.29, 0.717) is 0 Å². The first-order chi connectivity index (χ1) is 10.1. The lowest BCUT2D eigenvalue weighted by Gasteiger charge is -2.36. The second-order valence-electron chi connectivity index (χ2n) is 6.06. The van der Waals surface area contributed by atoms with Gasteiger partial charge in [-0.05, 0) is 24.6 Å². The minimum atomic E-state index is 0.733. The Bertz CT molecular complexity index is 442. The fourth-order valence-electron chi connectivity index (χ4n) is 2.69. The van der Waals surface area contributed by atoms with Gasteiger partial charge in [0, 0.05) is 39.3 Å². The van der Waals surface area contributed by atoms with Crippen molar-refractivity contribution < 1.29 is 0 Å². The van der Waals surface area contributed by atoms with Crippen LogP contribution in [0, 0.1) is 5.92 Å². The van der Waals surface area contributed by atoms with Gasteiger partial charge in [-0.3, -0.25) is 4.90 Å². The van der Waals surface area contributed by atoms with Crippen molar-refractivity contribution in [2.24, 2.45) is 5.92 Å². The molecule has 2 heterocycles. The van der Waals surface area contributed by atoms with E-state index in [1.165, 1.54) is 6.54 Å². The molecular formula is C16H27ClN4. The van der Waals surface area contributed by atoms with Gasteiger partial charge >= 0.3 is 0 Å². The van der Waals surface area contributed by atoms with Gasteiger partial charge in [0.1, 0.15) is 5.82 Å². The smallest absolute Gasteiger partial charge is 0.129 e. The highest BCUT2D eigenvalue weighted by Gasteiger charge is 2.19. The summed E-state index contributed by atoms with van der Waals surface area (Å²) in [5.74, 6) is 1.79. The quantitative estimate of drug-likeness (QED) is 0.875. The van der Waals surface area contributed by atoms with E-state index in [4.69, 9.17) is 16.6 Å². The third-order valence-corrected chi connectivity index (χ3v) is 4.11. The largest absolute Gasteiger partial charge is 0.354 e. The number of piperazine rings is 1. The summed E-state index contributed by atoms with van der Waals surface area (Å²) in [6.45, 7) is 13.8. The highest BCUT2D eigenvalue weighted by Crippen LogP contribution is 2.20. The molecule has 118 valence electrons. The lowest BCUT2D eigenvalue weighted by atomic mass is 10.2. The molecular weight excluding hydrogens is 284 g/mol. The minimum Gasteiger partial charge on any atom is -0.354 e. The van der Waals surface area contributed by atoms with Gasteiger partial charge < -0.3 is 10.2 Å². The fourth-order valence-corrected chi connectivity index (χ4v) is 2.86. The normalized spacial score (nSPS) is 16.7. The topological polar surface area (TPSA) is 31.4 Å². The Kier molecular flexibility index (Phi) is 6.27. The minimum absolute atomic E-state index is 0.733. The van der Waals surface area contributed by atoms with Crippen LogP contribution in [0.2, 0.25) is 5.02 Å². The zero-order chi connectivity index (χ0) is 15.2. The zero-order valence-electron chi connectivity index (χ0n) is 13.4. The molecule has 1 aromatic rings. The van der Waals surface area contributed by atoms with Crippen LogP contribution in [0.15, 0.2) is 12.1 Å². The van der Waals surface area contributed by atoms with Gasteiger partial charge in [-0.1, -0.05) is 32.4 Å². The molecule has 0 aliphatic carbocycles. The second-order valence-corrected chi connectivity index (χ2v) is 6.47. The second kappa shape index (κ2) is 7.97. The van der Waals surface area contributed by atoms with E-state index < -0.39 is 0 Å². The number of pyridine rings is 1. The van der Waals surface area contributed by atoms with Crippen molar-refractivity contribution in [3.8, 4) is 0 Å².